The van der Waals surface area contributed by atoms with E-state index in [0.717, 1.165) is 16.8 Å². The maximum absolute atomic E-state index is 11.0. The third-order valence-electron chi connectivity index (χ3n) is 2.90. The molecule has 20 heavy (non-hydrogen) atoms. The molecule has 1 heterocycles. The van der Waals surface area contributed by atoms with Crippen molar-refractivity contribution in [3.05, 3.63) is 18.2 Å². The van der Waals surface area contributed by atoms with Gasteiger partial charge in [-0.2, -0.15) is 4.98 Å². The monoisotopic (exact) mass is 277 g/mol. The van der Waals surface area contributed by atoms with Gasteiger partial charge >= 0.3 is 0 Å². The second-order valence-electron chi connectivity index (χ2n) is 4.32. The Bertz CT molecular complexity index is 607. The smallest absolute Gasteiger partial charge is 0.297 e. The Morgan fingerprint density at radius 1 is 1.45 bits per heavy atom. The van der Waals surface area contributed by atoms with Gasteiger partial charge in [0.2, 0.25) is 5.91 Å². The lowest BCUT2D eigenvalue weighted by Crippen LogP contribution is -2.24. The normalized spacial score (nSPS) is 10.6. The molecule has 0 radical (unpaired) electrons. The zero-order valence-corrected chi connectivity index (χ0v) is 12.0. The summed E-state index contributed by atoms with van der Waals surface area (Å²) in [7, 11) is 1.63. The van der Waals surface area contributed by atoms with E-state index in [1.165, 1.54) is 6.92 Å². The van der Waals surface area contributed by atoms with Crippen molar-refractivity contribution in [2.45, 2.75) is 20.4 Å². The van der Waals surface area contributed by atoms with Gasteiger partial charge in [0.05, 0.1) is 24.8 Å². The minimum absolute atomic E-state index is 0.0510. The van der Waals surface area contributed by atoms with E-state index in [1.54, 1.807) is 7.11 Å². The van der Waals surface area contributed by atoms with Crippen molar-refractivity contribution in [2.24, 2.45) is 0 Å². The first-order valence-corrected chi connectivity index (χ1v) is 6.57. The molecule has 0 aliphatic heterocycles. The first-order valence-electron chi connectivity index (χ1n) is 6.57. The van der Waals surface area contributed by atoms with E-state index in [-0.39, 0.29) is 5.91 Å². The number of fused-ring (bicyclic) bond motifs is 1. The molecule has 108 valence electrons. The van der Waals surface area contributed by atoms with Crippen LogP contribution in [0.15, 0.2) is 18.2 Å². The molecule has 0 unspecified atom stereocenters. The minimum Gasteiger partial charge on any atom is -0.497 e. The lowest BCUT2D eigenvalue weighted by atomic mass is 10.3. The van der Waals surface area contributed by atoms with Crippen LogP contribution >= 0.6 is 0 Å². The number of imidazole rings is 1. The van der Waals surface area contributed by atoms with Gasteiger partial charge in [-0.15, -0.1) is 0 Å². The van der Waals surface area contributed by atoms with Crippen LogP contribution in [0, 0.1) is 0 Å². The van der Waals surface area contributed by atoms with Crippen LogP contribution in [0.1, 0.15) is 13.8 Å². The molecule has 0 atom stereocenters. The molecule has 0 spiro atoms. The number of hydrogen-bond acceptors (Lipinski definition) is 4. The van der Waals surface area contributed by atoms with Crippen LogP contribution < -0.4 is 14.8 Å². The number of amides is 1. The van der Waals surface area contributed by atoms with E-state index >= 15 is 0 Å². The van der Waals surface area contributed by atoms with Crippen molar-refractivity contribution in [1.29, 1.82) is 0 Å². The fraction of sp³-hybridized carbons (Fsp3) is 0.429. The second-order valence-corrected chi connectivity index (χ2v) is 4.32. The largest absolute Gasteiger partial charge is 0.497 e. The summed E-state index contributed by atoms with van der Waals surface area (Å²) in [6.07, 6.45) is 0. The van der Waals surface area contributed by atoms with Gasteiger partial charge in [-0.3, -0.25) is 9.36 Å². The maximum atomic E-state index is 11.0. The van der Waals surface area contributed by atoms with Gasteiger partial charge in [-0.1, -0.05) is 0 Å². The first kappa shape index (κ1) is 14.2. The Labute approximate surface area is 117 Å². The molecule has 0 aliphatic carbocycles. The Morgan fingerprint density at radius 2 is 2.25 bits per heavy atom. The van der Waals surface area contributed by atoms with Gasteiger partial charge < -0.3 is 14.8 Å². The summed E-state index contributed by atoms with van der Waals surface area (Å²) in [6, 6.07) is 6.23. The third-order valence-corrected chi connectivity index (χ3v) is 2.90. The Hall–Kier alpha value is -2.24. The average Bonchev–Trinajstić information content (AvgIpc) is 2.76. The van der Waals surface area contributed by atoms with Gasteiger partial charge in [0.1, 0.15) is 5.75 Å². The number of ether oxygens (including phenoxy) is 2. The molecule has 0 fully saturated rings. The average molecular weight is 277 g/mol. The van der Waals surface area contributed by atoms with E-state index in [0.29, 0.717) is 25.7 Å². The SMILES string of the molecule is CCOc1nc2ccc(OC)cc2n1CCNC(C)=O. The van der Waals surface area contributed by atoms with Crippen LogP contribution in [0.5, 0.6) is 11.8 Å². The number of nitrogens with one attached hydrogen (secondary N) is 1. The molecule has 2 rings (SSSR count). The van der Waals surface area contributed by atoms with Crippen LogP contribution in [0.25, 0.3) is 11.0 Å². The second kappa shape index (κ2) is 6.27. The number of carbonyl (C=O) groups excluding carboxylic acids is 1. The lowest BCUT2D eigenvalue weighted by Gasteiger charge is -2.09. The Kier molecular flexibility index (Phi) is 4.45. The molecule has 1 amide bonds. The van der Waals surface area contributed by atoms with Crippen LogP contribution in [0.4, 0.5) is 0 Å². The van der Waals surface area contributed by atoms with E-state index in [2.05, 4.69) is 10.3 Å². The molecular formula is C14H19N3O3. The highest BCUT2D eigenvalue weighted by Crippen LogP contribution is 2.25. The number of nitrogens with zero attached hydrogens (tertiary/aromatic N) is 2. The fourth-order valence-corrected chi connectivity index (χ4v) is 2.01. The number of methoxy groups -OCH3 is 1. The van der Waals surface area contributed by atoms with Crippen LogP contribution in [-0.4, -0.2) is 35.7 Å². The highest BCUT2D eigenvalue weighted by Gasteiger charge is 2.12. The van der Waals surface area contributed by atoms with E-state index in [9.17, 15) is 4.79 Å². The summed E-state index contributed by atoms with van der Waals surface area (Å²) in [5.41, 5.74) is 1.77. The van der Waals surface area contributed by atoms with Crippen molar-refractivity contribution in [1.82, 2.24) is 14.9 Å². The summed E-state index contributed by atoms with van der Waals surface area (Å²) in [4.78, 5) is 15.4. The van der Waals surface area contributed by atoms with Gasteiger partial charge in [-0.25, -0.2) is 0 Å². The molecule has 1 N–H and O–H groups in total. The fourth-order valence-electron chi connectivity index (χ4n) is 2.01. The van der Waals surface area contributed by atoms with Gasteiger partial charge in [-0.05, 0) is 19.1 Å². The molecule has 0 saturated heterocycles. The third kappa shape index (κ3) is 3.01. The molecule has 2 aromatic rings. The Balaban J connectivity index is 2.35. The lowest BCUT2D eigenvalue weighted by molar-refractivity contribution is -0.118. The topological polar surface area (TPSA) is 65.4 Å². The highest BCUT2D eigenvalue weighted by molar-refractivity contribution is 5.78. The van der Waals surface area contributed by atoms with E-state index in [4.69, 9.17) is 9.47 Å². The van der Waals surface area contributed by atoms with Gasteiger partial charge in [0.25, 0.3) is 6.01 Å². The summed E-state index contributed by atoms with van der Waals surface area (Å²) >= 11 is 0. The van der Waals surface area contributed by atoms with Crippen molar-refractivity contribution in [2.75, 3.05) is 20.3 Å². The van der Waals surface area contributed by atoms with Crippen LogP contribution in [0.3, 0.4) is 0 Å². The Morgan fingerprint density at radius 3 is 2.90 bits per heavy atom. The number of hydrogen-bond donors (Lipinski definition) is 1. The van der Waals surface area contributed by atoms with Crippen molar-refractivity contribution >= 4 is 16.9 Å². The molecule has 0 bridgehead atoms. The molecule has 1 aromatic carbocycles. The molecular weight excluding hydrogens is 258 g/mol. The van der Waals surface area contributed by atoms with Crippen LogP contribution in [0.2, 0.25) is 0 Å². The number of aromatic nitrogens is 2. The summed E-state index contributed by atoms with van der Waals surface area (Å²) in [5, 5.41) is 2.77. The molecule has 0 aliphatic rings. The zero-order chi connectivity index (χ0) is 14.5. The zero-order valence-electron chi connectivity index (χ0n) is 12.0. The van der Waals surface area contributed by atoms with Crippen molar-refractivity contribution in [3.63, 3.8) is 0 Å². The predicted molar refractivity (Wildman–Crippen MR) is 76.1 cm³/mol. The minimum atomic E-state index is -0.0510. The molecule has 6 heteroatoms. The standard InChI is InChI=1S/C14H19N3O3/c1-4-20-14-16-12-6-5-11(19-3)9-13(12)17(14)8-7-15-10(2)18/h5-6,9H,4,7-8H2,1-3H3,(H,15,18). The predicted octanol–water partition coefficient (Wildman–Crippen LogP) is 1.58. The summed E-state index contributed by atoms with van der Waals surface area (Å²) < 4.78 is 12.7. The van der Waals surface area contributed by atoms with Gasteiger partial charge in [0.15, 0.2) is 0 Å². The van der Waals surface area contributed by atoms with Crippen molar-refractivity contribution in [3.8, 4) is 11.8 Å². The molecule has 1 aromatic heterocycles. The maximum Gasteiger partial charge on any atom is 0.297 e. The van der Waals surface area contributed by atoms with Crippen molar-refractivity contribution < 1.29 is 14.3 Å². The van der Waals surface area contributed by atoms with Crippen LogP contribution in [-0.2, 0) is 11.3 Å². The summed E-state index contributed by atoms with van der Waals surface area (Å²) in [5.74, 6) is 0.714. The quantitative estimate of drug-likeness (QED) is 0.870. The highest BCUT2D eigenvalue weighted by atomic mass is 16.5. The number of rotatable bonds is 6. The van der Waals surface area contributed by atoms with Gasteiger partial charge in [0, 0.05) is 26.1 Å². The molecule has 6 nitrogen and oxygen atoms in total. The van der Waals surface area contributed by atoms with E-state index in [1.807, 2.05) is 29.7 Å². The van der Waals surface area contributed by atoms with E-state index < -0.39 is 0 Å². The molecule has 0 saturated carbocycles. The number of benzene rings is 1. The summed E-state index contributed by atoms with van der Waals surface area (Å²) in [6.45, 7) is 5.08. The number of carbonyl (C=O) groups is 1. The first-order chi connectivity index (χ1) is 9.65.